The maximum absolute atomic E-state index is 13.1. The van der Waals surface area contributed by atoms with E-state index in [1.54, 1.807) is 10.9 Å². The summed E-state index contributed by atoms with van der Waals surface area (Å²) in [6, 6.07) is 0. The highest BCUT2D eigenvalue weighted by molar-refractivity contribution is 5.95. The summed E-state index contributed by atoms with van der Waals surface area (Å²) in [5, 5.41) is 4.35. The third-order valence-electron chi connectivity index (χ3n) is 6.02. The molecule has 142 valence electrons. The fourth-order valence-electron chi connectivity index (χ4n) is 4.48. The second kappa shape index (κ2) is 6.30. The van der Waals surface area contributed by atoms with E-state index in [-0.39, 0.29) is 17.6 Å². The predicted octanol–water partition coefficient (Wildman–Crippen LogP) is 1.00. The van der Waals surface area contributed by atoms with Gasteiger partial charge < -0.3 is 9.64 Å². The first-order chi connectivity index (χ1) is 13.1. The number of aromatic amines is 1. The molecule has 2 aromatic rings. The summed E-state index contributed by atoms with van der Waals surface area (Å²) < 4.78 is 7.38. The van der Waals surface area contributed by atoms with Gasteiger partial charge in [0.1, 0.15) is 0 Å². The normalized spacial score (nSPS) is 24.1. The van der Waals surface area contributed by atoms with Gasteiger partial charge in [-0.1, -0.05) is 0 Å². The maximum Gasteiger partial charge on any atom is 0.257 e. The molecule has 5 heterocycles. The van der Waals surface area contributed by atoms with Crippen molar-refractivity contribution < 1.29 is 9.53 Å². The summed E-state index contributed by atoms with van der Waals surface area (Å²) in [4.78, 5) is 34.7. The number of rotatable bonds is 2. The second-order valence-electron chi connectivity index (χ2n) is 7.83. The number of carbonyl (C=O) groups is 1. The maximum atomic E-state index is 13.1. The number of amides is 1. The van der Waals surface area contributed by atoms with Gasteiger partial charge in [0.05, 0.1) is 35.9 Å². The molecule has 2 unspecified atom stereocenters. The Morgan fingerprint density at radius 3 is 3.00 bits per heavy atom. The number of hydrogen-bond donors (Lipinski definition) is 1. The molecule has 3 fully saturated rings. The summed E-state index contributed by atoms with van der Waals surface area (Å²) in [5.74, 6) is 0.777. The molecule has 0 aromatic carbocycles. The lowest BCUT2D eigenvalue weighted by molar-refractivity contribution is 0.00468. The molecule has 0 spiro atoms. The first-order valence-corrected chi connectivity index (χ1v) is 9.68. The van der Waals surface area contributed by atoms with Gasteiger partial charge in [-0.25, -0.2) is 9.67 Å². The van der Waals surface area contributed by atoms with Crippen LogP contribution < -0.4 is 5.56 Å². The van der Waals surface area contributed by atoms with Crippen LogP contribution in [0, 0.1) is 12.8 Å². The minimum absolute atomic E-state index is 0.0235. The standard InChI is InChI=1S/C19H23N5O3/c1-11-15(18(26)23-8-12-5-6-13(9-23)27-10-12)7-20-24(11)19-21-16-4-2-3-14(16)17(25)22-19/h7,12-13H,2-6,8-10H2,1H3,(H,21,22,25). The van der Waals surface area contributed by atoms with Crippen molar-refractivity contribution in [3.8, 4) is 5.95 Å². The fraction of sp³-hybridized carbons (Fsp3) is 0.579. The smallest absolute Gasteiger partial charge is 0.257 e. The Hall–Kier alpha value is -2.48. The Kier molecular flexibility index (Phi) is 3.89. The number of nitrogens with one attached hydrogen (secondary N) is 1. The molecule has 2 bridgehead atoms. The molecule has 0 saturated carbocycles. The Morgan fingerprint density at radius 2 is 2.19 bits per heavy atom. The van der Waals surface area contributed by atoms with Crippen molar-refractivity contribution in [3.63, 3.8) is 0 Å². The highest BCUT2D eigenvalue weighted by Gasteiger charge is 2.33. The van der Waals surface area contributed by atoms with Gasteiger partial charge >= 0.3 is 0 Å². The third kappa shape index (κ3) is 2.79. The van der Waals surface area contributed by atoms with E-state index in [9.17, 15) is 9.59 Å². The zero-order chi connectivity index (χ0) is 18.5. The third-order valence-corrected chi connectivity index (χ3v) is 6.02. The van der Waals surface area contributed by atoms with Crippen LogP contribution in [-0.2, 0) is 17.6 Å². The summed E-state index contributed by atoms with van der Waals surface area (Å²) in [5.41, 5.74) is 2.77. The van der Waals surface area contributed by atoms with Crippen LogP contribution in [0.25, 0.3) is 5.95 Å². The number of aryl methyl sites for hydroxylation is 1. The summed E-state index contributed by atoms with van der Waals surface area (Å²) >= 11 is 0. The molecular weight excluding hydrogens is 346 g/mol. The van der Waals surface area contributed by atoms with E-state index in [2.05, 4.69) is 15.1 Å². The molecule has 4 aliphatic rings. The summed E-state index contributed by atoms with van der Waals surface area (Å²) in [6.45, 7) is 3.95. The van der Waals surface area contributed by atoms with E-state index >= 15 is 0 Å². The lowest BCUT2D eigenvalue weighted by Crippen LogP contribution is -2.36. The van der Waals surface area contributed by atoms with Crippen LogP contribution in [0.3, 0.4) is 0 Å². The molecule has 1 N–H and O–H groups in total. The van der Waals surface area contributed by atoms with Gasteiger partial charge in [-0.15, -0.1) is 0 Å². The molecule has 1 aliphatic carbocycles. The van der Waals surface area contributed by atoms with Crippen LogP contribution in [0.2, 0.25) is 0 Å². The largest absolute Gasteiger partial charge is 0.376 e. The predicted molar refractivity (Wildman–Crippen MR) is 97.1 cm³/mol. The molecule has 1 amide bonds. The molecule has 3 aliphatic heterocycles. The molecule has 0 radical (unpaired) electrons. The van der Waals surface area contributed by atoms with Crippen LogP contribution in [0.5, 0.6) is 0 Å². The van der Waals surface area contributed by atoms with Crippen LogP contribution in [0.4, 0.5) is 0 Å². The van der Waals surface area contributed by atoms with Gasteiger partial charge in [0.25, 0.3) is 11.5 Å². The number of fused-ring (bicyclic) bond motifs is 5. The summed E-state index contributed by atoms with van der Waals surface area (Å²) in [6.07, 6.45) is 6.40. The van der Waals surface area contributed by atoms with Gasteiger partial charge in [-0.05, 0) is 39.0 Å². The SMILES string of the molecule is Cc1c(C(=O)N2CC3CCC(C2)OC3)cnn1-c1nc2c(c(=O)[nH]1)CCC2. The van der Waals surface area contributed by atoms with Crippen LogP contribution in [0.1, 0.15) is 46.6 Å². The molecule has 6 rings (SSSR count). The Morgan fingerprint density at radius 1 is 1.30 bits per heavy atom. The molecular formula is C19H23N5O3. The topological polar surface area (TPSA) is 93.1 Å². The van der Waals surface area contributed by atoms with E-state index in [1.165, 1.54) is 0 Å². The van der Waals surface area contributed by atoms with E-state index in [4.69, 9.17) is 4.74 Å². The molecule has 3 saturated heterocycles. The first-order valence-electron chi connectivity index (χ1n) is 9.68. The van der Waals surface area contributed by atoms with Crippen LogP contribution in [0.15, 0.2) is 11.0 Å². The van der Waals surface area contributed by atoms with Crippen molar-refractivity contribution in [2.75, 3.05) is 19.7 Å². The van der Waals surface area contributed by atoms with Crippen molar-refractivity contribution in [3.05, 3.63) is 39.1 Å². The lowest BCUT2D eigenvalue weighted by atomic mass is 10.0. The molecule has 2 aromatic heterocycles. The molecule has 27 heavy (non-hydrogen) atoms. The minimum atomic E-state index is -0.100. The average molecular weight is 369 g/mol. The lowest BCUT2D eigenvalue weighted by Gasteiger charge is -2.22. The summed E-state index contributed by atoms with van der Waals surface area (Å²) in [7, 11) is 0. The van der Waals surface area contributed by atoms with Crippen molar-refractivity contribution in [1.29, 1.82) is 0 Å². The van der Waals surface area contributed by atoms with Gasteiger partial charge in [-0.3, -0.25) is 14.6 Å². The Balaban J connectivity index is 1.46. The van der Waals surface area contributed by atoms with Crippen molar-refractivity contribution in [2.45, 2.75) is 45.1 Å². The molecule has 2 atom stereocenters. The number of carbonyl (C=O) groups excluding carboxylic acids is 1. The molecule has 8 nitrogen and oxygen atoms in total. The Bertz CT molecular complexity index is 941. The number of nitrogens with zero attached hydrogens (tertiary/aromatic N) is 4. The number of hydrogen-bond acceptors (Lipinski definition) is 5. The number of ether oxygens (including phenoxy) is 1. The van der Waals surface area contributed by atoms with Crippen molar-refractivity contribution >= 4 is 5.91 Å². The van der Waals surface area contributed by atoms with Gasteiger partial charge in [-0.2, -0.15) is 5.10 Å². The zero-order valence-corrected chi connectivity index (χ0v) is 15.4. The Labute approximate surface area is 156 Å². The monoisotopic (exact) mass is 369 g/mol. The number of H-pyrrole nitrogens is 1. The van der Waals surface area contributed by atoms with Crippen LogP contribution in [-0.4, -0.2) is 56.4 Å². The van der Waals surface area contributed by atoms with E-state index in [0.717, 1.165) is 56.5 Å². The van der Waals surface area contributed by atoms with Gasteiger partial charge in [0, 0.05) is 24.6 Å². The number of aromatic nitrogens is 4. The fourth-order valence-corrected chi connectivity index (χ4v) is 4.48. The first kappa shape index (κ1) is 16.7. The minimum Gasteiger partial charge on any atom is -0.376 e. The zero-order valence-electron chi connectivity index (χ0n) is 15.4. The quantitative estimate of drug-likeness (QED) is 0.853. The van der Waals surface area contributed by atoms with Crippen LogP contribution >= 0.6 is 0 Å². The molecule has 8 heteroatoms. The van der Waals surface area contributed by atoms with Gasteiger partial charge in [0.2, 0.25) is 5.95 Å². The second-order valence-corrected chi connectivity index (χ2v) is 7.83. The average Bonchev–Trinajstić information content (AvgIpc) is 3.17. The van der Waals surface area contributed by atoms with Crippen molar-refractivity contribution in [1.82, 2.24) is 24.6 Å². The van der Waals surface area contributed by atoms with E-state index < -0.39 is 0 Å². The highest BCUT2D eigenvalue weighted by Crippen LogP contribution is 2.27. The highest BCUT2D eigenvalue weighted by atomic mass is 16.5. The van der Waals surface area contributed by atoms with E-state index in [0.29, 0.717) is 29.7 Å². The van der Waals surface area contributed by atoms with Gasteiger partial charge in [0.15, 0.2) is 0 Å². The van der Waals surface area contributed by atoms with Crippen molar-refractivity contribution in [2.24, 2.45) is 5.92 Å². The van der Waals surface area contributed by atoms with E-state index in [1.807, 2.05) is 11.8 Å².